The fourth-order valence-corrected chi connectivity index (χ4v) is 5.77. The summed E-state index contributed by atoms with van der Waals surface area (Å²) in [5.41, 5.74) is 3.60. The van der Waals surface area contributed by atoms with Crippen molar-refractivity contribution in [3.63, 3.8) is 0 Å². The van der Waals surface area contributed by atoms with E-state index in [1.807, 2.05) is 18.2 Å². The number of aliphatic hydroxyl groups is 1. The molecule has 5 nitrogen and oxygen atoms in total. The van der Waals surface area contributed by atoms with E-state index in [0.717, 1.165) is 29.8 Å². The summed E-state index contributed by atoms with van der Waals surface area (Å²) in [4.78, 5) is 1.22. The number of alkyl halides is 1. The second-order valence-electron chi connectivity index (χ2n) is 8.46. The van der Waals surface area contributed by atoms with Crippen LogP contribution < -0.4 is 20.7 Å². The highest BCUT2D eigenvalue weighted by atomic mass is 32.2. The number of halogens is 1. The van der Waals surface area contributed by atoms with Gasteiger partial charge in [0.2, 0.25) is 0 Å². The first-order valence-corrected chi connectivity index (χ1v) is 11.3. The topological polar surface area (TPSA) is 68.3 Å². The molecule has 1 saturated heterocycles. The smallest absolute Gasteiger partial charge is 0.186 e. The van der Waals surface area contributed by atoms with Crippen LogP contribution in [0.5, 0.6) is 0 Å². The summed E-state index contributed by atoms with van der Waals surface area (Å²) >= 11 is 1.64. The summed E-state index contributed by atoms with van der Waals surface area (Å²) in [6.07, 6.45) is 1.70. The number of aliphatic hydroxyl groups excluding tert-OH is 1. The quantitative estimate of drug-likeness (QED) is 0.485. The van der Waals surface area contributed by atoms with Crippen molar-refractivity contribution >= 4 is 17.6 Å². The first kappa shape index (κ1) is 19.9. The van der Waals surface area contributed by atoms with Gasteiger partial charge in [-0.15, -0.1) is 0 Å². The molecular weight excluding hydrogens is 399 g/mol. The van der Waals surface area contributed by atoms with Gasteiger partial charge in [-0.2, -0.15) is 0 Å². The zero-order valence-corrected chi connectivity index (χ0v) is 17.7. The molecule has 3 heterocycles. The van der Waals surface area contributed by atoms with Crippen molar-refractivity contribution in [3.8, 4) is 0 Å². The Morgan fingerprint density at radius 1 is 1.17 bits per heavy atom. The van der Waals surface area contributed by atoms with Crippen LogP contribution in [0.1, 0.15) is 16.7 Å². The monoisotopic (exact) mass is 426 g/mol. The van der Waals surface area contributed by atoms with Crippen molar-refractivity contribution in [3.05, 3.63) is 71.1 Å². The predicted octanol–water partition coefficient (Wildman–Crippen LogP) is 3.38. The summed E-state index contributed by atoms with van der Waals surface area (Å²) in [6, 6.07) is 14.2. The number of hydrogen-bond acceptors (Lipinski definition) is 6. The van der Waals surface area contributed by atoms with Gasteiger partial charge in [0.25, 0.3) is 0 Å². The molecule has 0 saturated carbocycles. The van der Waals surface area contributed by atoms with E-state index in [0.29, 0.717) is 13.1 Å². The number of anilines is 1. The third kappa shape index (κ3) is 3.50. The molecule has 2 aromatic carbocycles. The molecule has 7 heteroatoms. The van der Waals surface area contributed by atoms with Crippen molar-refractivity contribution in [2.45, 2.75) is 36.0 Å². The van der Waals surface area contributed by atoms with E-state index in [9.17, 15) is 9.50 Å². The molecule has 5 N–H and O–H groups in total. The largest absolute Gasteiger partial charge is 0.495 e. The molecule has 1 fully saturated rings. The number of fused-ring (bicyclic) bond motifs is 2. The van der Waals surface area contributed by atoms with Crippen LogP contribution >= 0.6 is 11.9 Å². The maximum Gasteiger partial charge on any atom is 0.186 e. The molecule has 0 bridgehead atoms. The van der Waals surface area contributed by atoms with E-state index in [1.54, 1.807) is 11.9 Å². The molecule has 0 amide bonds. The molecule has 3 aliphatic rings. The van der Waals surface area contributed by atoms with Gasteiger partial charge < -0.3 is 15.7 Å². The molecule has 3 aliphatic heterocycles. The Bertz CT molecular complexity index is 983. The van der Waals surface area contributed by atoms with E-state index in [2.05, 4.69) is 57.9 Å². The van der Waals surface area contributed by atoms with Crippen LogP contribution in [0.3, 0.4) is 0 Å². The highest BCUT2D eigenvalue weighted by Gasteiger charge is 2.46. The lowest BCUT2D eigenvalue weighted by atomic mass is 9.72. The van der Waals surface area contributed by atoms with Crippen LogP contribution in [0, 0.1) is 12.8 Å². The second kappa shape index (κ2) is 7.89. The molecule has 2 aromatic rings. The zero-order chi connectivity index (χ0) is 20.7. The Hall–Kier alpha value is -2.06. The fourth-order valence-electron chi connectivity index (χ4n) is 4.90. The minimum atomic E-state index is -0.971. The summed E-state index contributed by atoms with van der Waals surface area (Å²) in [7, 11) is 0. The molecular formula is C23H27FN4OS. The molecule has 0 spiro atoms. The van der Waals surface area contributed by atoms with Crippen LogP contribution in [0.2, 0.25) is 0 Å². The minimum absolute atomic E-state index is 0.0752. The van der Waals surface area contributed by atoms with Gasteiger partial charge in [-0.25, -0.2) is 4.39 Å². The van der Waals surface area contributed by atoms with Crippen LogP contribution in [-0.4, -0.2) is 37.0 Å². The standard InChI is InChI=1S/C23H27FN4OS/c1-14-6-7-19-17(8-14)23(10-22(29)27-19,28-20-13-25-12-18(20)24)16-9-15-4-2-3-5-21(15)30-26-11-16/h2-8,10,16,18,20,25-29H,9,11-13H2,1H3/t16?,18-,20-,23?/m0/s1. The molecule has 30 heavy (non-hydrogen) atoms. The predicted molar refractivity (Wildman–Crippen MR) is 119 cm³/mol. The van der Waals surface area contributed by atoms with Gasteiger partial charge in [-0.3, -0.25) is 10.0 Å². The molecule has 4 atom stereocenters. The Balaban J connectivity index is 1.64. The average molecular weight is 427 g/mol. The maximum absolute atomic E-state index is 14.7. The Kier molecular flexibility index (Phi) is 5.23. The second-order valence-corrected chi connectivity index (χ2v) is 9.39. The van der Waals surface area contributed by atoms with E-state index >= 15 is 0 Å². The molecule has 158 valence electrons. The highest BCUT2D eigenvalue weighted by Crippen LogP contribution is 2.44. The van der Waals surface area contributed by atoms with Crippen LogP contribution in [0.15, 0.2) is 59.3 Å². The average Bonchev–Trinajstić information content (AvgIpc) is 3.00. The summed E-state index contributed by atoms with van der Waals surface area (Å²) in [6.45, 7) is 3.71. The van der Waals surface area contributed by atoms with Crippen LogP contribution in [0.25, 0.3) is 0 Å². The summed E-state index contributed by atoms with van der Waals surface area (Å²) in [5.74, 6) is 0.177. The number of benzene rings is 2. The normalized spacial score (nSPS) is 30.6. The molecule has 0 aromatic heterocycles. The number of aryl methyl sites for hydroxylation is 1. The van der Waals surface area contributed by atoms with Crippen LogP contribution in [-0.2, 0) is 12.0 Å². The Morgan fingerprint density at radius 2 is 2.03 bits per heavy atom. The number of rotatable bonds is 3. The Morgan fingerprint density at radius 3 is 2.87 bits per heavy atom. The van der Waals surface area contributed by atoms with Gasteiger partial charge >= 0.3 is 0 Å². The van der Waals surface area contributed by atoms with Gasteiger partial charge in [0, 0.05) is 47.8 Å². The van der Waals surface area contributed by atoms with E-state index in [4.69, 9.17) is 0 Å². The van der Waals surface area contributed by atoms with Gasteiger partial charge in [0.15, 0.2) is 5.88 Å². The van der Waals surface area contributed by atoms with Crippen molar-refractivity contribution in [1.82, 2.24) is 15.4 Å². The molecule has 0 radical (unpaired) electrons. The third-order valence-corrected chi connectivity index (χ3v) is 7.34. The minimum Gasteiger partial charge on any atom is -0.495 e. The lowest BCUT2D eigenvalue weighted by Gasteiger charge is -2.45. The lowest BCUT2D eigenvalue weighted by Crippen LogP contribution is -2.57. The van der Waals surface area contributed by atoms with E-state index in [-0.39, 0.29) is 17.8 Å². The maximum atomic E-state index is 14.7. The van der Waals surface area contributed by atoms with Gasteiger partial charge in [-0.1, -0.05) is 35.9 Å². The first-order valence-electron chi connectivity index (χ1n) is 10.5. The summed E-state index contributed by atoms with van der Waals surface area (Å²) < 4.78 is 18.2. The molecule has 2 unspecified atom stereocenters. The van der Waals surface area contributed by atoms with Crippen molar-refractivity contribution < 1.29 is 9.50 Å². The van der Waals surface area contributed by atoms with Crippen molar-refractivity contribution in [2.75, 3.05) is 25.0 Å². The number of nitrogens with one attached hydrogen (secondary N) is 4. The van der Waals surface area contributed by atoms with Gasteiger partial charge in [0.05, 0.1) is 11.6 Å². The van der Waals surface area contributed by atoms with E-state index < -0.39 is 11.7 Å². The van der Waals surface area contributed by atoms with Crippen LogP contribution in [0.4, 0.5) is 10.1 Å². The van der Waals surface area contributed by atoms with Crippen molar-refractivity contribution in [1.29, 1.82) is 0 Å². The van der Waals surface area contributed by atoms with E-state index in [1.165, 1.54) is 10.5 Å². The first-order chi connectivity index (χ1) is 14.5. The number of hydrogen-bond donors (Lipinski definition) is 5. The fraction of sp³-hybridized carbons (Fsp3) is 0.391. The third-order valence-electron chi connectivity index (χ3n) is 6.41. The molecule has 5 rings (SSSR count). The Labute approximate surface area is 180 Å². The molecule has 0 aliphatic carbocycles. The highest BCUT2D eigenvalue weighted by molar-refractivity contribution is 7.97. The van der Waals surface area contributed by atoms with Gasteiger partial charge in [-0.05, 0) is 43.0 Å². The summed E-state index contributed by atoms with van der Waals surface area (Å²) in [5, 5.41) is 20.6. The lowest BCUT2D eigenvalue weighted by molar-refractivity contribution is 0.194. The van der Waals surface area contributed by atoms with Gasteiger partial charge in [0.1, 0.15) is 6.17 Å². The zero-order valence-electron chi connectivity index (χ0n) is 16.9. The van der Waals surface area contributed by atoms with Crippen molar-refractivity contribution in [2.24, 2.45) is 5.92 Å². The SMILES string of the molecule is Cc1ccc2c(c1)C(N[C@H]1CNC[C@@H]1F)(C1CNSc3ccccc3C1)C=C(O)N2.